The van der Waals surface area contributed by atoms with E-state index in [9.17, 15) is 14.4 Å². The van der Waals surface area contributed by atoms with E-state index >= 15 is 0 Å². The van der Waals surface area contributed by atoms with Crippen molar-refractivity contribution >= 4 is 33.8 Å². The molecule has 1 amide bonds. The van der Waals surface area contributed by atoms with E-state index in [0.717, 1.165) is 5.56 Å². The third kappa shape index (κ3) is 5.83. The lowest BCUT2D eigenvalue weighted by Gasteiger charge is -2.23. The van der Waals surface area contributed by atoms with E-state index in [2.05, 4.69) is 5.32 Å². The molecule has 0 bridgehead atoms. The predicted octanol–water partition coefficient (Wildman–Crippen LogP) is 5.00. The minimum absolute atomic E-state index is 0.174. The monoisotopic (exact) mass is 489 g/mol. The lowest BCUT2D eigenvalue weighted by molar-refractivity contribution is -0.136. The van der Waals surface area contributed by atoms with Gasteiger partial charge in [0.2, 0.25) is 0 Å². The minimum atomic E-state index is -1.01. The number of hydrogen-bond acceptors (Lipinski definition) is 7. The van der Waals surface area contributed by atoms with Crippen LogP contribution in [0.25, 0.3) is 21.7 Å². The summed E-state index contributed by atoms with van der Waals surface area (Å²) in [6, 6.07) is 18.2. The van der Waals surface area contributed by atoms with E-state index in [1.807, 2.05) is 30.3 Å². The molecule has 36 heavy (non-hydrogen) atoms. The van der Waals surface area contributed by atoms with Gasteiger partial charge in [0.1, 0.15) is 28.7 Å². The van der Waals surface area contributed by atoms with Gasteiger partial charge < -0.3 is 23.9 Å². The van der Waals surface area contributed by atoms with Gasteiger partial charge in [0.05, 0.1) is 12.5 Å². The maximum absolute atomic E-state index is 13.1. The van der Waals surface area contributed by atoms with Crippen molar-refractivity contribution in [3.63, 3.8) is 0 Å². The Bertz CT molecular complexity index is 1470. The number of amides is 1. The van der Waals surface area contributed by atoms with E-state index in [-0.39, 0.29) is 17.8 Å². The van der Waals surface area contributed by atoms with Gasteiger partial charge in [-0.25, -0.2) is 14.4 Å². The van der Waals surface area contributed by atoms with Crippen LogP contribution in [0.1, 0.15) is 26.3 Å². The Morgan fingerprint density at radius 1 is 0.917 bits per heavy atom. The number of fused-ring (bicyclic) bond motifs is 3. The van der Waals surface area contributed by atoms with Gasteiger partial charge in [-0.05, 0) is 56.7 Å². The number of carbonyl (C=O) groups excluding carboxylic acids is 2. The van der Waals surface area contributed by atoms with Crippen molar-refractivity contribution < 1.29 is 28.2 Å². The zero-order valence-electron chi connectivity index (χ0n) is 20.5. The summed E-state index contributed by atoms with van der Waals surface area (Å²) in [4.78, 5) is 38.1. The highest BCUT2D eigenvalue weighted by atomic mass is 16.6. The number of benzene rings is 3. The van der Waals surface area contributed by atoms with Crippen molar-refractivity contribution in [1.29, 1.82) is 0 Å². The van der Waals surface area contributed by atoms with E-state index in [1.165, 1.54) is 13.2 Å². The predicted molar refractivity (Wildman–Crippen MR) is 135 cm³/mol. The number of methoxy groups -OCH3 is 1. The average Bonchev–Trinajstić information content (AvgIpc) is 2.83. The van der Waals surface area contributed by atoms with Gasteiger partial charge in [0, 0.05) is 23.3 Å². The highest BCUT2D eigenvalue weighted by molar-refractivity contribution is 6.05. The number of rotatable bonds is 6. The van der Waals surface area contributed by atoms with Crippen molar-refractivity contribution in [3.05, 3.63) is 82.7 Å². The van der Waals surface area contributed by atoms with Gasteiger partial charge in [0.25, 0.3) is 0 Å². The minimum Gasteiger partial charge on any atom is -0.497 e. The summed E-state index contributed by atoms with van der Waals surface area (Å²) in [6.45, 7) is 5.21. The first-order valence-corrected chi connectivity index (χ1v) is 11.4. The first-order chi connectivity index (χ1) is 17.1. The first-order valence-electron chi connectivity index (χ1n) is 11.4. The van der Waals surface area contributed by atoms with Crippen molar-refractivity contribution in [2.75, 3.05) is 7.11 Å². The second-order valence-corrected chi connectivity index (χ2v) is 9.27. The molecular formula is C28H27NO7. The standard InChI is InChI=1S/C28H27NO7/c1-28(2,3)36-27(32)29-23(14-17-8-6-5-7-9-17)26(31)34-19-11-13-21-20-12-10-18(33-4)15-22(20)25(30)35-24(21)16-19/h5-13,15-16,23H,14H2,1-4H3,(H,29,32)/t23-/m1/s1. The Morgan fingerprint density at radius 2 is 1.61 bits per heavy atom. The molecule has 4 aromatic rings. The maximum atomic E-state index is 13.1. The van der Waals surface area contributed by atoms with Crippen LogP contribution in [0.3, 0.4) is 0 Å². The molecule has 1 heterocycles. The largest absolute Gasteiger partial charge is 0.497 e. The topological polar surface area (TPSA) is 104 Å². The summed E-state index contributed by atoms with van der Waals surface area (Å²) in [5.74, 6) is 0.0335. The van der Waals surface area contributed by atoms with Gasteiger partial charge in [-0.1, -0.05) is 30.3 Å². The molecule has 0 spiro atoms. The molecule has 3 aromatic carbocycles. The first kappa shape index (κ1) is 24.8. The molecule has 1 aromatic heterocycles. The molecule has 0 aliphatic heterocycles. The smallest absolute Gasteiger partial charge is 0.408 e. The number of ether oxygens (including phenoxy) is 3. The molecule has 0 unspecified atom stereocenters. The summed E-state index contributed by atoms with van der Waals surface area (Å²) in [5, 5.41) is 4.36. The molecular weight excluding hydrogens is 462 g/mol. The molecule has 0 aliphatic carbocycles. The molecule has 1 N–H and O–H groups in total. The molecule has 4 rings (SSSR count). The highest BCUT2D eigenvalue weighted by Gasteiger charge is 2.26. The fourth-order valence-corrected chi connectivity index (χ4v) is 3.76. The lowest BCUT2D eigenvalue weighted by atomic mass is 10.1. The zero-order valence-corrected chi connectivity index (χ0v) is 20.5. The molecule has 0 radical (unpaired) electrons. The molecule has 0 fully saturated rings. The molecule has 1 atom stereocenters. The van der Waals surface area contributed by atoms with Crippen molar-refractivity contribution in [2.45, 2.75) is 38.8 Å². The van der Waals surface area contributed by atoms with E-state index < -0.39 is 29.3 Å². The molecule has 8 nitrogen and oxygen atoms in total. The number of hydrogen-bond donors (Lipinski definition) is 1. The van der Waals surface area contributed by atoms with Crippen LogP contribution in [0.15, 0.2) is 75.9 Å². The van der Waals surface area contributed by atoms with Gasteiger partial charge in [-0.3, -0.25) is 0 Å². The lowest BCUT2D eigenvalue weighted by Crippen LogP contribution is -2.46. The normalized spacial score (nSPS) is 12.2. The van der Waals surface area contributed by atoms with Crippen LogP contribution in [0.5, 0.6) is 11.5 Å². The average molecular weight is 490 g/mol. The van der Waals surface area contributed by atoms with Crippen LogP contribution in [0.2, 0.25) is 0 Å². The van der Waals surface area contributed by atoms with E-state index in [1.54, 1.807) is 51.1 Å². The van der Waals surface area contributed by atoms with Crippen molar-refractivity contribution in [1.82, 2.24) is 5.32 Å². The molecule has 0 aliphatic rings. The fraction of sp³-hybridized carbons (Fsp3) is 0.250. The summed E-state index contributed by atoms with van der Waals surface area (Å²) < 4.78 is 21.6. The highest BCUT2D eigenvalue weighted by Crippen LogP contribution is 2.28. The van der Waals surface area contributed by atoms with Crippen molar-refractivity contribution in [2.24, 2.45) is 0 Å². The third-order valence-corrected chi connectivity index (χ3v) is 5.37. The maximum Gasteiger partial charge on any atom is 0.408 e. The third-order valence-electron chi connectivity index (χ3n) is 5.37. The summed E-state index contributed by atoms with van der Waals surface area (Å²) in [7, 11) is 1.52. The number of esters is 1. The van der Waals surface area contributed by atoms with E-state index in [0.29, 0.717) is 21.9 Å². The Balaban J connectivity index is 1.61. The van der Waals surface area contributed by atoms with Crippen molar-refractivity contribution in [3.8, 4) is 11.5 Å². The van der Waals surface area contributed by atoms with Gasteiger partial charge >= 0.3 is 17.7 Å². The molecule has 0 saturated carbocycles. The van der Waals surface area contributed by atoms with Crippen LogP contribution in [-0.2, 0) is 16.0 Å². The summed E-state index contributed by atoms with van der Waals surface area (Å²) in [6.07, 6.45) is -0.527. The number of carbonyl (C=O) groups is 2. The zero-order chi connectivity index (χ0) is 25.9. The van der Waals surface area contributed by atoms with Crippen LogP contribution in [0, 0.1) is 0 Å². The summed E-state index contributed by atoms with van der Waals surface area (Å²) in [5.41, 5.74) is -0.161. The van der Waals surface area contributed by atoms with Crippen LogP contribution in [0.4, 0.5) is 4.79 Å². The summed E-state index contributed by atoms with van der Waals surface area (Å²) >= 11 is 0. The second kappa shape index (κ2) is 10.1. The van der Waals surface area contributed by atoms with E-state index in [4.69, 9.17) is 18.6 Å². The molecule has 8 heteroatoms. The van der Waals surface area contributed by atoms with Gasteiger partial charge in [-0.2, -0.15) is 0 Å². The fourth-order valence-electron chi connectivity index (χ4n) is 3.76. The number of alkyl carbamates (subject to hydrolysis) is 1. The quantitative estimate of drug-likeness (QED) is 0.176. The SMILES string of the molecule is COc1ccc2c(c1)c(=O)oc1cc(OC(=O)[C@@H](Cc3ccccc3)NC(=O)OC(C)(C)C)ccc12. The number of nitrogens with one attached hydrogen (secondary N) is 1. The van der Waals surface area contributed by atoms with Crippen LogP contribution < -0.4 is 20.4 Å². The molecule has 186 valence electrons. The second-order valence-electron chi connectivity index (χ2n) is 9.27. The van der Waals surface area contributed by atoms with Crippen LogP contribution >= 0.6 is 0 Å². The van der Waals surface area contributed by atoms with Gasteiger partial charge in [0.15, 0.2) is 0 Å². The van der Waals surface area contributed by atoms with Gasteiger partial charge in [-0.15, -0.1) is 0 Å². The Morgan fingerprint density at radius 3 is 2.31 bits per heavy atom. The Hall–Kier alpha value is -4.33. The Kier molecular flexibility index (Phi) is 6.96. The van der Waals surface area contributed by atoms with Crippen LogP contribution in [-0.4, -0.2) is 30.8 Å². The molecule has 0 saturated heterocycles. The Labute approximate surface area is 207 Å².